The molecule has 0 unspecified atom stereocenters. The maximum absolute atomic E-state index is 5.36. The van der Waals surface area contributed by atoms with Crippen LogP contribution in [-0.4, -0.2) is 19.2 Å². The van der Waals surface area contributed by atoms with Gasteiger partial charge in [-0.3, -0.25) is 0 Å². The molecule has 0 aliphatic carbocycles. The molecule has 2 aromatic carbocycles. The third-order valence-electron chi connectivity index (χ3n) is 3.50. The maximum atomic E-state index is 5.36. The molecule has 118 valence electrons. The largest absolute Gasteiger partial charge is 0.493 e. The predicted octanol–water partition coefficient (Wildman–Crippen LogP) is 5.18. The molecule has 0 amide bonds. The summed E-state index contributed by atoms with van der Waals surface area (Å²) in [5.74, 6) is 1.48. The topological polar surface area (TPSA) is 31.4 Å². The van der Waals surface area contributed by atoms with E-state index >= 15 is 0 Å². The van der Waals surface area contributed by atoms with Crippen LogP contribution in [0.5, 0.6) is 11.5 Å². The van der Waals surface area contributed by atoms with E-state index in [0.717, 1.165) is 44.2 Å². The van der Waals surface area contributed by atoms with E-state index in [-0.39, 0.29) is 0 Å². The minimum absolute atomic E-state index is 0.740. The average Bonchev–Trinajstić information content (AvgIpc) is 3.03. The lowest BCUT2D eigenvalue weighted by Crippen LogP contribution is -1.93. The van der Waals surface area contributed by atoms with Gasteiger partial charge in [0, 0.05) is 21.8 Å². The molecular formula is C18H16BrNO2S. The molecule has 0 radical (unpaired) electrons. The maximum Gasteiger partial charge on any atom is 0.160 e. The fourth-order valence-electron chi connectivity index (χ4n) is 2.35. The van der Waals surface area contributed by atoms with Gasteiger partial charge >= 0.3 is 0 Å². The first-order chi connectivity index (χ1) is 11.2. The van der Waals surface area contributed by atoms with Crippen molar-refractivity contribution in [3.05, 3.63) is 62.9 Å². The van der Waals surface area contributed by atoms with Crippen molar-refractivity contribution in [2.75, 3.05) is 14.2 Å². The molecule has 23 heavy (non-hydrogen) atoms. The van der Waals surface area contributed by atoms with Crippen LogP contribution in [0.4, 0.5) is 0 Å². The van der Waals surface area contributed by atoms with Gasteiger partial charge in [0.15, 0.2) is 11.5 Å². The number of hydrogen-bond donors (Lipinski definition) is 0. The van der Waals surface area contributed by atoms with Crippen LogP contribution in [0, 0.1) is 0 Å². The van der Waals surface area contributed by atoms with Gasteiger partial charge in [0.2, 0.25) is 0 Å². The summed E-state index contributed by atoms with van der Waals surface area (Å²) in [5.41, 5.74) is 3.26. The Labute approximate surface area is 148 Å². The second-order valence-electron chi connectivity index (χ2n) is 4.97. The molecule has 3 aromatic rings. The van der Waals surface area contributed by atoms with Gasteiger partial charge in [0.05, 0.1) is 24.9 Å². The Morgan fingerprint density at radius 1 is 1.04 bits per heavy atom. The number of thiazole rings is 1. The summed E-state index contributed by atoms with van der Waals surface area (Å²) >= 11 is 5.25. The molecule has 1 aromatic heterocycles. The second kappa shape index (κ2) is 7.15. The number of halogens is 1. The Bertz CT molecular complexity index is 816. The lowest BCUT2D eigenvalue weighted by atomic mass is 10.1. The smallest absolute Gasteiger partial charge is 0.160 e. The van der Waals surface area contributed by atoms with E-state index in [0.29, 0.717) is 0 Å². The third-order valence-corrected chi connectivity index (χ3v) is 5.05. The van der Waals surface area contributed by atoms with Gasteiger partial charge in [-0.25, -0.2) is 4.98 Å². The number of ether oxygens (including phenoxy) is 2. The summed E-state index contributed by atoms with van der Waals surface area (Å²) in [4.78, 5) is 4.75. The standard InChI is InChI=1S/C18H16BrNO2S/c1-21-16-8-7-12(9-17(16)22-2)10-18-20-15(11-23-18)13-5-3-4-6-14(13)19/h3-9,11H,10H2,1-2H3. The number of benzene rings is 2. The van der Waals surface area contributed by atoms with Crippen molar-refractivity contribution in [2.24, 2.45) is 0 Å². The van der Waals surface area contributed by atoms with Crippen molar-refractivity contribution in [1.29, 1.82) is 0 Å². The van der Waals surface area contributed by atoms with Crippen molar-refractivity contribution < 1.29 is 9.47 Å². The molecule has 0 fully saturated rings. The molecule has 0 saturated heterocycles. The van der Waals surface area contributed by atoms with Gasteiger partial charge < -0.3 is 9.47 Å². The summed E-state index contributed by atoms with van der Waals surface area (Å²) < 4.78 is 11.7. The molecule has 5 heteroatoms. The lowest BCUT2D eigenvalue weighted by molar-refractivity contribution is 0.354. The Morgan fingerprint density at radius 2 is 1.83 bits per heavy atom. The van der Waals surface area contributed by atoms with Crippen molar-refractivity contribution in [3.8, 4) is 22.8 Å². The normalized spacial score (nSPS) is 10.6. The highest BCUT2D eigenvalue weighted by Crippen LogP contribution is 2.31. The van der Waals surface area contributed by atoms with Gasteiger partial charge in [-0.2, -0.15) is 0 Å². The summed E-state index contributed by atoms with van der Waals surface area (Å²) in [6.45, 7) is 0. The van der Waals surface area contributed by atoms with E-state index in [1.165, 1.54) is 0 Å². The number of rotatable bonds is 5. The highest BCUT2D eigenvalue weighted by Gasteiger charge is 2.10. The van der Waals surface area contributed by atoms with Crippen molar-refractivity contribution in [3.63, 3.8) is 0 Å². The van der Waals surface area contributed by atoms with Crippen molar-refractivity contribution in [1.82, 2.24) is 4.98 Å². The first-order valence-electron chi connectivity index (χ1n) is 7.11. The molecular weight excluding hydrogens is 374 g/mol. The fraction of sp³-hybridized carbons (Fsp3) is 0.167. The van der Waals surface area contributed by atoms with Crippen LogP contribution in [-0.2, 0) is 6.42 Å². The second-order valence-corrected chi connectivity index (χ2v) is 6.77. The zero-order valence-corrected chi connectivity index (χ0v) is 15.3. The summed E-state index contributed by atoms with van der Waals surface area (Å²) in [5, 5.41) is 3.17. The minimum atomic E-state index is 0.740. The van der Waals surface area contributed by atoms with E-state index in [1.54, 1.807) is 25.6 Å². The van der Waals surface area contributed by atoms with Gasteiger partial charge in [-0.1, -0.05) is 40.2 Å². The van der Waals surface area contributed by atoms with E-state index in [2.05, 4.69) is 27.4 Å². The van der Waals surface area contributed by atoms with Crippen LogP contribution in [0.2, 0.25) is 0 Å². The Balaban J connectivity index is 1.83. The zero-order chi connectivity index (χ0) is 16.2. The summed E-state index contributed by atoms with van der Waals surface area (Å²) in [6, 6.07) is 14.1. The Kier molecular flexibility index (Phi) is 4.98. The Hall–Kier alpha value is -1.85. The van der Waals surface area contributed by atoms with E-state index in [9.17, 15) is 0 Å². The van der Waals surface area contributed by atoms with Crippen LogP contribution < -0.4 is 9.47 Å². The summed E-state index contributed by atoms with van der Waals surface area (Å²) in [7, 11) is 3.29. The molecule has 0 N–H and O–H groups in total. The molecule has 0 spiro atoms. The predicted molar refractivity (Wildman–Crippen MR) is 97.6 cm³/mol. The molecule has 0 aliphatic heterocycles. The number of aromatic nitrogens is 1. The van der Waals surface area contributed by atoms with Gasteiger partial charge in [-0.05, 0) is 23.8 Å². The minimum Gasteiger partial charge on any atom is -0.493 e. The van der Waals surface area contributed by atoms with Crippen LogP contribution in [0.3, 0.4) is 0 Å². The Morgan fingerprint density at radius 3 is 2.57 bits per heavy atom. The number of nitrogens with zero attached hydrogens (tertiary/aromatic N) is 1. The quantitative estimate of drug-likeness (QED) is 0.602. The summed E-state index contributed by atoms with van der Waals surface area (Å²) in [6.07, 6.45) is 0.773. The molecule has 3 nitrogen and oxygen atoms in total. The molecule has 3 rings (SSSR count). The fourth-order valence-corrected chi connectivity index (χ4v) is 3.67. The molecule has 0 bridgehead atoms. The van der Waals surface area contributed by atoms with Gasteiger partial charge in [0.1, 0.15) is 0 Å². The molecule has 0 aliphatic rings. The SMILES string of the molecule is COc1ccc(Cc2nc(-c3ccccc3Br)cs2)cc1OC. The van der Waals surface area contributed by atoms with Gasteiger partial charge in [-0.15, -0.1) is 11.3 Å². The van der Waals surface area contributed by atoms with E-state index in [4.69, 9.17) is 14.5 Å². The zero-order valence-electron chi connectivity index (χ0n) is 12.9. The van der Waals surface area contributed by atoms with E-state index in [1.807, 2.05) is 36.4 Å². The van der Waals surface area contributed by atoms with E-state index < -0.39 is 0 Å². The number of hydrogen-bond acceptors (Lipinski definition) is 4. The number of methoxy groups -OCH3 is 2. The van der Waals surface area contributed by atoms with Gasteiger partial charge in [0.25, 0.3) is 0 Å². The van der Waals surface area contributed by atoms with Crippen molar-refractivity contribution in [2.45, 2.75) is 6.42 Å². The highest BCUT2D eigenvalue weighted by molar-refractivity contribution is 9.10. The first-order valence-corrected chi connectivity index (χ1v) is 8.78. The lowest BCUT2D eigenvalue weighted by Gasteiger charge is -2.08. The first kappa shape index (κ1) is 16.0. The average molecular weight is 390 g/mol. The third kappa shape index (κ3) is 3.57. The molecule has 0 saturated carbocycles. The van der Waals surface area contributed by atoms with Crippen LogP contribution >= 0.6 is 27.3 Å². The highest BCUT2D eigenvalue weighted by atomic mass is 79.9. The van der Waals surface area contributed by atoms with Crippen LogP contribution in [0.15, 0.2) is 52.3 Å². The van der Waals surface area contributed by atoms with Crippen molar-refractivity contribution >= 4 is 27.3 Å². The van der Waals surface area contributed by atoms with Crippen LogP contribution in [0.1, 0.15) is 10.6 Å². The van der Waals surface area contributed by atoms with Crippen LogP contribution in [0.25, 0.3) is 11.3 Å². The molecule has 1 heterocycles. The monoisotopic (exact) mass is 389 g/mol. The molecule has 0 atom stereocenters.